The Morgan fingerprint density at radius 2 is 2.00 bits per heavy atom. The molecule has 0 saturated heterocycles. The standard InChI is InChI=1S/C13H17O2/c1-10(14)12-7-13(8-12)15-9-11-5-3-2-4-6-11/h2-6,10,13-14H,7-9H2,1H3. The topological polar surface area (TPSA) is 29.5 Å². The molecule has 0 bridgehead atoms. The molecule has 0 aliphatic heterocycles. The first-order chi connectivity index (χ1) is 7.25. The molecule has 1 aliphatic carbocycles. The van der Waals surface area contributed by atoms with Gasteiger partial charge < -0.3 is 9.84 Å². The first-order valence-corrected chi connectivity index (χ1v) is 5.44. The minimum atomic E-state index is -0.262. The third kappa shape index (κ3) is 2.80. The zero-order valence-electron chi connectivity index (χ0n) is 9.02. The third-order valence-electron chi connectivity index (χ3n) is 2.90. The molecule has 2 heteroatoms. The Morgan fingerprint density at radius 1 is 1.33 bits per heavy atom. The molecule has 1 unspecified atom stereocenters. The second-order valence-electron chi connectivity index (χ2n) is 4.16. The van der Waals surface area contributed by atoms with Gasteiger partial charge in [0.1, 0.15) is 0 Å². The molecule has 2 rings (SSSR count). The molecule has 1 aliphatic rings. The van der Waals surface area contributed by atoms with Gasteiger partial charge in [0.2, 0.25) is 0 Å². The van der Waals surface area contributed by atoms with Gasteiger partial charge in [-0.3, -0.25) is 0 Å². The summed E-state index contributed by atoms with van der Waals surface area (Å²) in [5.41, 5.74) is 1.21. The monoisotopic (exact) mass is 205 g/mol. The van der Waals surface area contributed by atoms with Crippen LogP contribution in [-0.2, 0) is 11.3 Å². The van der Waals surface area contributed by atoms with Gasteiger partial charge in [-0.1, -0.05) is 30.3 Å². The lowest BCUT2D eigenvalue weighted by molar-refractivity contribution is -0.0144. The molecule has 15 heavy (non-hydrogen) atoms. The maximum atomic E-state index is 9.28. The number of ether oxygens (including phenoxy) is 1. The second kappa shape index (κ2) is 4.77. The van der Waals surface area contributed by atoms with Crippen LogP contribution in [0.5, 0.6) is 0 Å². The SMILES string of the molecule is CC(O)[C]1CC(OCc2ccccc2)C1. The second-order valence-corrected chi connectivity index (χ2v) is 4.16. The van der Waals surface area contributed by atoms with Crippen LogP contribution in [-0.4, -0.2) is 17.3 Å². The number of aliphatic hydroxyl groups is 1. The van der Waals surface area contributed by atoms with Crippen molar-refractivity contribution in [3.63, 3.8) is 0 Å². The Kier molecular flexibility index (Phi) is 3.39. The van der Waals surface area contributed by atoms with E-state index in [2.05, 4.69) is 12.1 Å². The number of rotatable bonds is 4. The highest BCUT2D eigenvalue weighted by Gasteiger charge is 2.33. The molecule has 1 N–H and O–H groups in total. The zero-order chi connectivity index (χ0) is 10.7. The fourth-order valence-electron chi connectivity index (χ4n) is 1.77. The fourth-order valence-corrected chi connectivity index (χ4v) is 1.77. The van der Waals surface area contributed by atoms with E-state index < -0.39 is 0 Å². The van der Waals surface area contributed by atoms with Crippen LogP contribution in [0.15, 0.2) is 30.3 Å². The predicted molar refractivity (Wildman–Crippen MR) is 59.2 cm³/mol. The maximum Gasteiger partial charge on any atom is 0.0720 e. The van der Waals surface area contributed by atoms with E-state index in [-0.39, 0.29) is 6.10 Å². The molecule has 1 saturated carbocycles. The van der Waals surface area contributed by atoms with E-state index in [1.165, 1.54) is 11.5 Å². The van der Waals surface area contributed by atoms with Crippen molar-refractivity contribution < 1.29 is 9.84 Å². The van der Waals surface area contributed by atoms with Crippen LogP contribution in [0.4, 0.5) is 0 Å². The lowest BCUT2D eigenvalue weighted by atomic mass is 9.79. The number of benzene rings is 1. The van der Waals surface area contributed by atoms with Crippen molar-refractivity contribution in [3.05, 3.63) is 41.8 Å². The smallest absolute Gasteiger partial charge is 0.0720 e. The Hall–Kier alpha value is -0.860. The van der Waals surface area contributed by atoms with Gasteiger partial charge in [-0.05, 0) is 25.3 Å². The van der Waals surface area contributed by atoms with Gasteiger partial charge in [0.15, 0.2) is 0 Å². The first kappa shape index (κ1) is 10.7. The van der Waals surface area contributed by atoms with Gasteiger partial charge >= 0.3 is 0 Å². The molecule has 0 aromatic heterocycles. The molecule has 81 valence electrons. The van der Waals surface area contributed by atoms with Gasteiger partial charge in [0.05, 0.1) is 18.8 Å². The average molecular weight is 205 g/mol. The molecule has 1 radical (unpaired) electrons. The Bertz CT molecular complexity index is 289. The third-order valence-corrected chi connectivity index (χ3v) is 2.90. The summed E-state index contributed by atoms with van der Waals surface area (Å²) in [5.74, 6) is 1.22. The molecule has 0 spiro atoms. The Labute approximate surface area is 90.9 Å². The summed E-state index contributed by atoms with van der Waals surface area (Å²) in [4.78, 5) is 0. The number of hydrogen-bond acceptors (Lipinski definition) is 2. The van der Waals surface area contributed by atoms with Gasteiger partial charge in [-0.25, -0.2) is 0 Å². The van der Waals surface area contributed by atoms with Crippen LogP contribution in [0.3, 0.4) is 0 Å². The molecular weight excluding hydrogens is 188 g/mol. The zero-order valence-corrected chi connectivity index (χ0v) is 9.02. The first-order valence-electron chi connectivity index (χ1n) is 5.44. The van der Waals surface area contributed by atoms with Crippen molar-refractivity contribution >= 4 is 0 Å². The highest BCUT2D eigenvalue weighted by Crippen LogP contribution is 2.35. The van der Waals surface area contributed by atoms with Gasteiger partial charge in [-0.2, -0.15) is 0 Å². The summed E-state index contributed by atoms with van der Waals surface area (Å²) in [6, 6.07) is 10.2. The van der Waals surface area contributed by atoms with Crippen LogP contribution in [0.2, 0.25) is 0 Å². The molecule has 0 amide bonds. The molecule has 1 aromatic rings. The maximum absolute atomic E-state index is 9.28. The molecule has 1 fully saturated rings. The fraction of sp³-hybridized carbons (Fsp3) is 0.462. The summed E-state index contributed by atoms with van der Waals surface area (Å²) in [7, 11) is 0. The minimum absolute atomic E-state index is 0.262. The van der Waals surface area contributed by atoms with Crippen molar-refractivity contribution in [1.82, 2.24) is 0 Å². The van der Waals surface area contributed by atoms with E-state index in [1.54, 1.807) is 0 Å². The Morgan fingerprint density at radius 3 is 2.60 bits per heavy atom. The van der Waals surface area contributed by atoms with Crippen LogP contribution in [0, 0.1) is 5.92 Å². The average Bonchev–Trinajstić information content (AvgIpc) is 2.16. The van der Waals surface area contributed by atoms with Gasteiger partial charge in [0, 0.05) is 5.92 Å². The van der Waals surface area contributed by atoms with Crippen LogP contribution in [0.1, 0.15) is 25.3 Å². The van der Waals surface area contributed by atoms with E-state index in [4.69, 9.17) is 4.74 Å². The predicted octanol–water partition coefficient (Wildman–Crippen LogP) is 2.32. The van der Waals surface area contributed by atoms with Crippen molar-refractivity contribution in [2.75, 3.05) is 0 Å². The van der Waals surface area contributed by atoms with Gasteiger partial charge in [-0.15, -0.1) is 0 Å². The molecule has 1 atom stereocenters. The summed E-state index contributed by atoms with van der Waals surface area (Å²) in [6.07, 6.45) is 1.89. The quantitative estimate of drug-likeness (QED) is 0.817. The van der Waals surface area contributed by atoms with Crippen LogP contribution in [0.25, 0.3) is 0 Å². The van der Waals surface area contributed by atoms with E-state index in [0.29, 0.717) is 12.7 Å². The molecular formula is C13H17O2. The largest absolute Gasteiger partial charge is 0.393 e. The highest BCUT2D eigenvalue weighted by atomic mass is 16.5. The van der Waals surface area contributed by atoms with Crippen molar-refractivity contribution in [2.24, 2.45) is 0 Å². The van der Waals surface area contributed by atoms with E-state index in [9.17, 15) is 5.11 Å². The molecule has 0 heterocycles. The number of hydrogen-bond donors (Lipinski definition) is 1. The van der Waals surface area contributed by atoms with Crippen LogP contribution < -0.4 is 0 Å². The molecule has 2 nitrogen and oxygen atoms in total. The van der Waals surface area contributed by atoms with E-state index in [1.807, 2.05) is 25.1 Å². The summed E-state index contributed by atoms with van der Waals surface area (Å²) in [5, 5.41) is 9.28. The summed E-state index contributed by atoms with van der Waals surface area (Å²) in [6.45, 7) is 2.50. The van der Waals surface area contributed by atoms with Crippen molar-refractivity contribution in [3.8, 4) is 0 Å². The van der Waals surface area contributed by atoms with E-state index >= 15 is 0 Å². The highest BCUT2D eigenvalue weighted by molar-refractivity contribution is 5.14. The lowest BCUT2D eigenvalue weighted by Gasteiger charge is -2.36. The van der Waals surface area contributed by atoms with E-state index in [0.717, 1.165) is 12.8 Å². The van der Waals surface area contributed by atoms with Gasteiger partial charge in [0.25, 0.3) is 0 Å². The summed E-state index contributed by atoms with van der Waals surface area (Å²) < 4.78 is 5.71. The van der Waals surface area contributed by atoms with Crippen molar-refractivity contribution in [1.29, 1.82) is 0 Å². The summed E-state index contributed by atoms with van der Waals surface area (Å²) >= 11 is 0. The minimum Gasteiger partial charge on any atom is -0.393 e. The molecule has 1 aromatic carbocycles. The van der Waals surface area contributed by atoms with Crippen LogP contribution >= 0.6 is 0 Å². The lowest BCUT2D eigenvalue weighted by Crippen LogP contribution is -2.35. The van der Waals surface area contributed by atoms with Crippen molar-refractivity contribution in [2.45, 2.75) is 38.6 Å². The number of aliphatic hydroxyl groups excluding tert-OH is 1. The Balaban J connectivity index is 1.69. The normalized spacial score (nSPS) is 19.9.